The van der Waals surface area contributed by atoms with E-state index in [1.165, 1.54) is 10.8 Å². The lowest BCUT2D eigenvalue weighted by molar-refractivity contribution is -0.126. The number of benzene rings is 1. The van der Waals surface area contributed by atoms with E-state index in [-0.39, 0.29) is 75.7 Å². The highest BCUT2D eigenvalue weighted by Crippen LogP contribution is 2.26. The first-order chi connectivity index (χ1) is 19.5. The van der Waals surface area contributed by atoms with Crippen LogP contribution in [0.3, 0.4) is 0 Å². The van der Waals surface area contributed by atoms with E-state index in [1.807, 2.05) is 6.26 Å². The summed E-state index contributed by atoms with van der Waals surface area (Å²) in [5, 5.41) is 14.7. The predicted octanol–water partition coefficient (Wildman–Crippen LogP) is -0.953. The Bertz CT molecular complexity index is 955. The van der Waals surface area contributed by atoms with Gasteiger partial charge in [-0.2, -0.15) is 5.82 Å². The van der Waals surface area contributed by atoms with Crippen molar-refractivity contribution in [3.05, 3.63) is 29.8 Å². The van der Waals surface area contributed by atoms with Crippen LogP contribution in [0.2, 0.25) is 0 Å². The number of nitrogens with one attached hydrogen (secondary N) is 2. The molecule has 7 N–H and O–H groups in total. The van der Waals surface area contributed by atoms with E-state index in [0.29, 0.717) is 38.1 Å². The molecule has 222 valence electrons. The van der Waals surface area contributed by atoms with E-state index in [1.54, 1.807) is 35.1 Å². The Balaban J connectivity index is 1.59. The van der Waals surface area contributed by atoms with E-state index < -0.39 is 6.10 Å². The third-order valence-electron chi connectivity index (χ3n) is 5.48. The summed E-state index contributed by atoms with van der Waals surface area (Å²) in [5.41, 5.74) is 11.0. The molecule has 0 bridgehead atoms. The molecule has 15 heteroatoms. The van der Waals surface area contributed by atoms with Crippen LogP contribution in [0, 0.1) is 11.7 Å². The summed E-state index contributed by atoms with van der Waals surface area (Å²) in [7, 11) is 3.52. The molecule has 40 heavy (non-hydrogen) atoms. The molecule has 1 aliphatic heterocycles. The first-order valence-electron chi connectivity index (χ1n) is 12.9. The molecule has 0 saturated carbocycles. The second-order valence-electron chi connectivity index (χ2n) is 8.42. The van der Waals surface area contributed by atoms with E-state index >= 15 is 0 Å². The van der Waals surface area contributed by atoms with E-state index in [9.17, 15) is 14.7 Å². The first kappa shape index (κ1) is 34.2. The zero-order valence-electron chi connectivity index (χ0n) is 22.7. The number of ether oxygens (including phenoxy) is 5. The third kappa shape index (κ3) is 13.6. The predicted molar refractivity (Wildman–Crippen MR) is 157 cm³/mol. The Hall–Kier alpha value is -2.00. The van der Waals surface area contributed by atoms with Crippen LogP contribution < -0.4 is 26.8 Å². The minimum atomic E-state index is -0.392. The Morgan fingerprint density at radius 1 is 1.30 bits per heavy atom. The molecule has 1 aromatic rings. The van der Waals surface area contributed by atoms with E-state index in [4.69, 9.17) is 35.2 Å². The van der Waals surface area contributed by atoms with Crippen LogP contribution in [0.1, 0.15) is 16.8 Å². The molecule has 2 rings (SSSR count). The maximum atomic E-state index is 12.1. The molecule has 0 spiro atoms. The van der Waals surface area contributed by atoms with Crippen molar-refractivity contribution in [2.45, 2.75) is 30.1 Å². The van der Waals surface area contributed by atoms with Crippen molar-refractivity contribution in [1.82, 2.24) is 10.6 Å². The number of hydrogen-bond acceptors (Lipinski definition) is 12. The van der Waals surface area contributed by atoms with Crippen LogP contribution in [0.25, 0.3) is 0 Å². The van der Waals surface area contributed by atoms with E-state index in [2.05, 4.69) is 22.4 Å². The largest absolute Gasteiger partial charge is 0.490 e. The van der Waals surface area contributed by atoms with Crippen LogP contribution in [-0.2, 0) is 23.7 Å². The lowest BCUT2D eigenvalue weighted by Crippen LogP contribution is -2.29. The van der Waals surface area contributed by atoms with Gasteiger partial charge in [0.25, 0.3) is 5.91 Å². The van der Waals surface area contributed by atoms with Gasteiger partial charge in [-0.1, -0.05) is 33.6 Å². The molecule has 0 radical (unpaired) electrons. The third-order valence-corrected chi connectivity index (χ3v) is 7.38. The standard InChI is InChI=1S/C25H39BN4O8S2/c1-39-40-24(16-36-19-5-2-4-18(12-19)25(33)30-9-7-27)35-11-10-34-15-23(32)29-8-3-6-26-22-13-20(37-17-28)21(14-31)38-22/h2,4-5,12,20-22,24,26,31H,7-11,13-17,27-28H2,1H3,(H,29,32)(H,30,33)/t20-,21?,22-,24?/m1/s1. The molecular weight excluding hydrogens is 559 g/mol. The van der Waals surface area contributed by atoms with Crippen molar-refractivity contribution in [3.8, 4) is 17.5 Å². The summed E-state index contributed by atoms with van der Waals surface area (Å²) in [5.74, 6) is 5.92. The fourth-order valence-electron chi connectivity index (χ4n) is 3.63. The highest BCUT2D eigenvalue weighted by atomic mass is 33.1. The molecule has 1 aliphatic rings. The molecular formula is C25H39BN4O8S2. The van der Waals surface area contributed by atoms with Crippen molar-refractivity contribution >= 4 is 40.7 Å². The Labute approximate surface area is 243 Å². The smallest absolute Gasteiger partial charge is 0.251 e. The van der Waals surface area contributed by atoms with Crippen LogP contribution >= 0.6 is 21.6 Å². The zero-order chi connectivity index (χ0) is 29.0. The number of hydrogen-bond donors (Lipinski definition) is 5. The molecule has 1 heterocycles. The number of carbonyl (C=O) groups excluding carboxylic acids is 2. The van der Waals surface area contributed by atoms with Crippen LogP contribution in [0.5, 0.6) is 5.75 Å². The lowest BCUT2D eigenvalue weighted by atomic mass is 9.71. The molecule has 2 amide bonds. The number of aliphatic hydroxyl groups excluding tert-OH is 1. The van der Waals surface area contributed by atoms with Gasteiger partial charge in [-0.25, -0.2) is 0 Å². The average molecular weight is 599 g/mol. The van der Waals surface area contributed by atoms with Crippen molar-refractivity contribution < 1.29 is 38.4 Å². The van der Waals surface area contributed by atoms with Gasteiger partial charge < -0.3 is 50.9 Å². The fourth-order valence-corrected chi connectivity index (χ4v) is 5.10. The molecule has 1 aromatic carbocycles. The first-order valence-corrected chi connectivity index (χ1v) is 15.5. The summed E-state index contributed by atoms with van der Waals surface area (Å²) in [6.07, 6.45) is 1.93. The second kappa shape index (κ2) is 20.8. The van der Waals surface area contributed by atoms with Gasteiger partial charge in [0.15, 0.2) is 0 Å². The Kier molecular flexibility index (Phi) is 17.8. The van der Waals surface area contributed by atoms with Gasteiger partial charge in [0, 0.05) is 24.7 Å². The minimum Gasteiger partial charge on any atom is -0.490 e. The lowest BCUT2D eigenvalue weighted by Gasteiger charge is -2.17. The Morgan fingerprint density at radius 2 is 2.15 bits per heavy atom. The van der Waals surface area contributed by atoms with Crippen LogP contribution in [-0.4, -0.2) is 114 Å². The van der Waals surface area contributed by atoms with Crippen LogP contribution in [0.4, 0.5) is 0 Å². The second-order valence-corrected chi connectivity index (χ2v) is 11.0. The number of nitrogens with two attached hydrogens (primary N) is 2. The highest BCUT2D eigenvalue weighted by molar-refractivity contribution is 8.76. The SMILES string of the molecule is CSSC(COc1cccc(C(=O)NCCN)c1)OCCOCC(=O)NCC#CB[C@H]1C[C@@H](OCN)C(CO)O1. The van der Waals surface area contributed by atoms with Gasteiger partial charge in [-0.15, -0.1) is 0 Å². The number of amides is 2. The van der Waals surface area contributed by atoms with Crippen molar-refractivity contribution in [2.24, 2.45) is 11.5 Å². The highest BCUT2D eigenvalue weighted by Gasteiger charge is 2.35. The molecule has 2 unspecified atom stereocenters. The summed E-state index contributed by atoms with van der Waals surface area (Å²) in [4.78, 5) is 24.1. The maximum absolute atomic E-state index is 12.1. The maximum Gasteiger partial charge on any atom is 0.251 e. The van der Waals surface area contributed by atoms with Gasteiger partial charge in [-0.05, 0) is 30.9 Å². The van der Waals surface area contributed by atoms with Gasteiger partial charge in [0.2, 0.25) is 13.2 Å². The average Bonchev–Trinajstić information content (AvgIpc) is 3.36. The normalized spacial score (nSPS) is 18.9. The summed E-state index contributed by atoms with van der Waals surface area (Å²) < 4.78 is 28.1. The molecule has 12 nitrogen and oxygen atoms in total. The summed E-state index contributed by atoms with van der Waals surface area (Å²) >= 11 is 0. The summed E-state index contributed by atoms with van der Waals surface area (Å²) in [6, 6.07) is 6.76. The molecule has 0 aliphatic carbocycles. The van der Waals surface area contributed by atoms with Crippen LogP contribution in [0.15, 0.2) is 24.3 Å². The van der Waals surface area contributed by atoms with Crippen molar-refractivity contribution in [3.63, 3.8) is 0 Å². The van der Waals surface area contributed by atoms with Gasteiger partial charge in [0.1, 0.15) is 30.5 Å². The minimum absolute atomic E-state index is 0.0721. The number of rotatable bonds is 19. The molecule has 4 atom stereocenters. The summed E-state index contributed by atoms with van der Waals surface area (Å²) in [6.45, 7) is 1.58. The van der Waals surface area contributed by atoms with Crippen molar-refractivity contribution in [1.29, 1.82) is 0 Å². The van der Waals surface area contributed by atoms with Gasteiger partial charge in [-0.3, -0.25) is 9.59 Å². The van der Waals surface area contributed by atoms with Crippen molar-refractivity contribution in [2.75, 3.05) is 65.7 Å². The molecule has 0 aromatic heterocycles. The number of carbonyl (C=O) groups is 2. The van der Waals surface area contributed by atoms with E-state index in [0.717, 1.165) is 0 Å². The molecule has 1 fully saturated rings. The fraction of sp³-hybridized carbons (Fsp3) is 0.600. The topological polar surface area (TPSA) is 177 Å². The monoisotopic (exact) mass is 598 g/mol. The Morgan fingerprint density at radius 3 is 2.90 bits per heavy atom. The number of aliphatic hydroxyl groups is 1. The van der Waals surface area contributed by atoms with Gasteiger partial charge >= 0.3 is 0 Å². The zero-order valence-corrected chi connectivity index (χ0v) is 24.3. The molecule has 1 saturated heterocycles. The van der Waals surface area contributed by atoms with Gasteiger partial charge in [0.05, 0.1) is 39.2 Å². The quantitative estimate of drug-likeness (QED) is 0.0435.